The highest BCUT2D eigenvalue weighted by Gasteiger charge is 2.47. The Morgan fingerprint density at radius 2 is 1.79 bits per heavy atom. The Hall–Kier alpha value is -2.14. The minimum atomic E-state index is -4.35. The van der Waals surface area contributed by atoms with Gasteiger partial charge in [0.15, 0.2) is 5.69 Å². The molecule has 2 heterocycles. The normalized spacial score (nSPS) is 19.0. The maximum absolute atomic E-state index is 13.4. The van der Waals surface area contributed by atoms with Gasteiger partial charge in [0.2, 0.25) is 0 Å². The number of hydrogen-bond acceptors (Lipinski definition) is 5. The van der Waals surface area contributed by atoms with Crippen molar-refractivity contribution in [3.05, 3.63) is 40.1 Å². The molecule has 0 unspecified atom stereocenters. The molecule has 0 atom stereocenters. The fourth-order valence-electron chi connectivity index (χ4n) is 4.85. The minimum absolute atomic E-state index is 0.0551. The standard InChI is InChI=1S/C26H36ClF3N4O3S/c1-6-18-12-17(13-25(3,4)26(28,29)30)15-31-23(18)34-20(7-2)33-21(22(34)27)24(35)32-14-16-8-10-19(11-9-16)38(5,36)37/h12,15-16,19H,6-11,13-14H2,1-5H3,(H,32,35)/t16-,19+. The smallest absolute Gasteiger partial charge is 0.350 e. The molecule has 0 aliphatic heterocycles. The Kier molecular flexibility index (Phi) is 9.23. The molecule has 1 saturated carbocycles. The van der Waals surface area contributed by atoms with Gasteiger partial charge in [0.1, 0.15) is 26.6 Å². The van der Waals surface area contributed by atoms with Crippen LogP contribution in [0.1, 0.15) is 80.8 Å². The number of alkyl halides is 3. The van der Waals surface area contributed by atoms with Crippen LogP contribution in [0, 0.1) is 11.3 Å². The van der Waals surface area contributed by atoms with Gasteiger partial charge in [-0.2, -0.15) is 13.2 Å². The number of aromatic nitrogens is 3. The molecule has 3 rings (SSSR count). The zero-order chi connectivity index (χ0) is 28.5. The van der Waals surface area contributed by atoms with Gasteiger partial charge in [-0.05, 0) is 55.6 Å². The lowest BCUT2D eigenvalue weighted by atomic mass is 9.85. The van der Waals surface area contributed by atoms with Crippen LogP contribution >= 0.6 is 11.6 Å². The highest BCUT2D eigenvalue weighted by Crippen LogP contribution is 2.40. The number of nitrogens with one attached hydrogen (secondary N) is 1. The van der Waals surface area contributed by atoms with Crippen molar-refractivity contribution < 1.29 is 26.4 Å². The second kappa shape index (κ2) is 11.5. The molecule has 0 spiro atoms. The first-order chi connectivity index (χ1) is 17.6. The first-order valence-corrected chi connectivity index (χ1v) is 15.2. The second-order valence-electron chi connectivity index (χ2n) is 10.8. The molecule has 2 aromatic rings. The molecule has 1 aliphatic rings. The summed E-state index contributed by atoms with van der Waals surface area (Å²) in [6.07, 6.45) is 1.65. The summed E-state index contributed by atoms with van der Waals surface area (Å²) in [5.74, 6) is 0.688. The highest BCUT2D eigenvalue weighted by molar-refractivity contribution is 7.91. The second-order valence-corrected chi connectivity index (χ2v) is 13.5. The number of hydrogen-bond donors (Lipinski definition) is 1. The Bertz CT molecular complexity index is 1270. The molecule has 12 heteroatoms. The first-order valence-electron chi connectivity index (χ1n) is 12.9. The van der Waals surface area contributed by atoms with Crippen molar-refractivity contribution in [2.45, 2.75) is 84.1 Å². The zero-order valence-corrected chi connectivity index (χ0v) is 24.0. The number of amides is 1. The van der Waals surface area contributed by atoms with Gasteiger partial charge in [-0.1, -0.05) is 45.4 Å². The van der Waals surface area contributed by atoms with Crippen molar-refractivity contribution in [3.63, 3.8) is 0 Å². The van der Waals surface area contributed by atoms with Crippen molar-refractivity contribution in [2.75, 3.05) is 12.8 Å². The van der Waals surface area contributed by atoms with Crippen LogP contribution in [0.25, 0.3) is 5.82 Å². The predicted octanol–water partition coefficient (Wildman–Crippen LogP) is 5.51. The lowest BCUT2D eigenvalue weighted by Crippen LogP contribution is -2.34. The van der Waals surface area contributed by atoms with E-state index < -0.39 is 27.3 Å². The van der Waals surface area contributed by atoms with E-state index in [0.29, 0.717) is 67.8 Å². The Balaban J connectivity index is 1.80. The van der Waals surface area contributed by atoms with Crippen molar-refractivity contribution >= 4 is 27.3 Å². The molecular formula is C26H36ClF3N4O3S. The van der Waals surface area contributed by atoms with Crippen LogP contribution in [-0.4, -0.2) is 53.1 Å². The average Bonchev–Trinajstić information content (AvgIpc) is 3.17. The molecule has 38 heavy (non-hydrogen) atoms. The van der Waals surface area contributed by atoms with E-state index in [9.17, 15) is 26.4 Å². The molecule has 212 valence electrons. The summed E-state index contributed by atoms with van der Waals surface area (Å²) >= 11 is 6.65. The fraction of sp³-hybridized carbons (Fsp3) is 0.654. The number of carbonyl (C=O) groups excluding carboxylic acids is 1. The summed E-state index contributed by atoms with van der Waals surface area (Å²) in [6, 6.07) is 1.71. The van der Waals surface area contributed by atoms with E-state index in [1.165, 1.54) is 12.5 Å². The van der Waals surface area contributed by atoms with Crippen molar-refractivity contribution in [1.82, 2.24) is 19.9 Å². The number of sulfone groups is 1. The van der Waals surface area contributed by atoms with Gasteiger partial charge in [-0.15, -0.1) is 0 Å². The minimum Gasteiger partial charge on any atom is -0.350 e. The van der Waals surface area contributed by atoms with Gasteiger partial charge in [0.25, 0.3) is 5.91 Å². The van der Waals surface area contributed by atoms with Gasteiger partial charge >= 0.3 is 6.18 Å². The average molecular weight is 577 g/mol. The Morgan fingerprint density at radius 1 is 1.16 bits per heavy atom. The molecule has 1 aliphatic carbocycles. The lowest BCUT2D eigenvalue weighted by Gasteiger charge is -2.28. The van der Waals surface area contributed by atoms with Gasteiger partial charge in [-0.25, -0.2) is 18.4 Å². The number of nitrogens with zero attached hydrogens (tertiary/aromatic N) is 3. The summed E-state index contributed by atoms with van der Waals surface area (Å²) < 4.78 is 65.4. The maximum Gasteiger partial charge on any atom is 0.394 e. The number of imidazole rings is 1. The first kappa shape index (κ1) is 30.4. The molecule has 0 radical (unpaired) electrons. The van der Waals surface area contributed by atoms with Crippen LogP contribution in [0.3, 0.4) is 0 Å². The summed E-state index contributed by atoms with van der Waals surface area (Å²) in [4.78, 5) is 21.9. The van der Waals surface area contributed by atoms with E-state index in [1.807, 2.05) is 13.8 Å². The number of rotatable bonds is 9. The molecule has 1 amide bonds. The third-order valence-electron chi connectivity index (χ3n) is 7.38. The monoisotopic (exact) mass is 576 g/mol. The van der Waals surface area contributed by atoms with Crippen LogP contribution in [-0.2, 0) is 29.1 Å². The third kappa shape index (κ3) is 6.70. The molecule has 1 N–H and O–H groups in total. The third-order valence-corrected chi connectivity index (χ3v) is 9.41. The van der Waals surface area contributed by atoms with Gasteiger partial charge in [0, 0.05) is 25.4 Å². The summed E-state index contributed by atoms with van der Waals surface area (Å²) in [6.45, 7) is 6.46. The predicted molar refractivity (Wildman–Crippen MR) is 142 cm³/mol. The molecule has 1 fully saturated rings. The quantitative estimate of drug-likeness (QED) is 0.425. The van der Waals surface area contributed by atoms with Crippen LogP contribution in [0.5, 0.6) is 0 Å². The maximum atomic E-state index is 13.4. The topological polar surface area (TPSA) is 93.9 Å². The number of halogens is 4. The number of pyridine rings is 1. The molecular weight excluding hydrogens is 541 g/mol. The highest BCUT2D eigenvalue weighted by atomic mass is 35.5. The van der Waals surface area contributed by atoms with E-state index >= 15 is 0 Å². The molecule has 2 aromatic heterocycles. The molecule has 7 nitrogen and oxygen atoms in total. The summed E-state index contributed by atoms with van der Waals surface area (Å²) in [5.41, 5.74) is -0.688. The molecule has 0 bridgehead atoms. The van der Waals surface area contributed by atoms with E-state index in [0.717, 1.165) is 13.8 Å². The molecule has 0 aromatic carbocycles. The van der Waals surface area contributed by atoms with Crippen molar-refractivity contribution in [1.29, 1.82) is 0 Å². The summed E-state index contributed by atoms with van der Waals surface area (Å²) in [5, 5.41) is 2.65. The van der Waals surface area contributed by atoms with E-state index in [2.05, 4.69) is 15.3 Å². The Labute approximate surface area is 227 Å². The van der Waals surface area contributed by atoms with E-state index in [-0.39, 0.29) is 28.4 Å². The van der Waals surface area contributed by atoms with Gasteiger partial charge < -0.3 is 5.32 Å². The SMILES string of the molecule is CCc1cc(CC(C)(C)C(F)(F)F)cnc1-n1c(CC)nc(C(=O)NC[C@H]2CC[C@@H](S(C)(=O)=O)CC2)c1Cl. The summed E-state index contributed by atoms with van der Waals surface area (Å²) in [7, 11) is -3.06. The van der Waals surface area contributed by atoms with Crippen LogP contribution in [0.2, 0.25) is 5.15 Å². The van der Waals surface area contributed by atoms with Crippen LogP contribution in [0.4, 0.5) is 13.2 Å². The fourth-order valence-corrected chi connectivity index (χ4v) is 6.28. The van der Waals surface area contributed by atoms with Crippen LogP contribution < -0.4 is 5.32 Å². The number of carbonyl (C=O) groups is 1. The zero-order valence-electron chi connectivity index (χ0n) is 22.5. The van der Waals surface area contributed by atoms with E-state index in [4.69, 9.17) is 11.6 Å². The largest absolute Gasteiger partial charge is 0.394 e. The van der Waals surface area contributed by atoms with Crippen LogP contribution in [0.15, 0.2) is 12.3 Å². The van der Waals surface area contributed by atoms with Crippen molar-refractivity contribution in [3.8, 4) is 5.82 Å². The van der Waals surface area contributed by atoms with Gasteiger partial charge in [-0.3, -0.25) is 9.36 Å². The number of aryl methyl sites for hydroxylation is 2. The van der Waals surface area contributed by atoms with Gasteiger partial charge in [0.05, 0.1) is 10.7 Å². The molecule has 0 saturated heterocycles. The lowest BCUT2D eigenvalue weighted by molar-refractivity contribution is -0.211. The Morgan fingerprint density at radius 3 is 2.32 bits per heavy atom. The van der Waals surface area contributed by atoms with E-state index in [1.54, 1.807) is 10.6 Å². The van der Waals surface area contributed by atoms with Crippen molar-refractivity contribution in [2.24, 2.45) is 11.3 Å².